The number of carbonyl (C=O) groups excluding carboxylic acids is 1. The summed E-state index contributed by atoms with van der Waals surface area (Å²) in [6, 6.07) is 9.51. The summed E-state index contributed by atoms with van der Waals surface area (Å²) in [7, 11) is -1.62. The maximum Gasteiger partial charge on any atom is 0.377 e. The zero-order chi connectivity index (χ0) is 21.2. The van der Waals surface area contributed by atoms with Gasteiger partial charge >= 0.3 is 7.80 Å². The molecule has 0 aliphatic heterocycles. The first-order valence-corrected chi connectivity index (χ1v) is 11.5. The SMILES string of the molecule is Cc1cc(C)c(C(=O)c2ccccc2[P+](=O)CC(C)CC(C)(C)C)c(C)c1C. The summed E-state index contributed by atoms with van der Waals surface area (Å²) in [6.45, 7) is 16.9. The van der Waals surface area contributed by atoms with Crippen molar-refractivity contribution in [2.45, 2.75) is 61.8 Å². The standard InChI is InChI=1S/C25H34O2P/c1-16(14-25(6,7)8)15-28(27)22-12-10-9-11-21(22)24(26)23-18(3)13-17(2)19(4)20(23)5/h9-13,16H,14-15H2,1-8H3/q+1. The Labute approximate surface area is 171 Å². The van der Waals surface area contributed by atoms with Gasteiger partial charge in [0.25, 0.3) is 0 Å². The van der Waals surface area contributed by atoms with Crippen molar-refractivity contribution in [3.8, 4) is 0 Å². The third kappa shape index (κ3) is 5.17. The van der Waals surface area contributed by atoms with Gasteiger partial charge < -0.3 is 0 Å². The molecule has 0 bridgehead atoms. The van der Waals surface area contributed by atoms with E-state index in [-0.39, 0.29) is 11.2 Å². The molecule has 2 aromatic rings. The normalized spacial score (nSPS) is 13.4. The lowest BCUT2D eigenvalue weighted by Crippen LogP contribution is -2.19. The van der Waals surface area contributed by atoms with Gasteiger partial charge in [0.05, 0.1) is 5.56 Å². The fourth-order valence-electron chi connectivity index (χ4n) is 4.14. The van der Waals surface area contributed by atoms with Crippen LogP contribution in [0.4, 0.5) is 0 Å². The zero-order valence-electron chi connectivity index (χ0n) is 18.6. The van der Waals surface area contributed by atoms with Gasteiger partial charge in [0, 0.05) is 11.5 Å². The highest BCUT2D eigenvalue weighted by Crippen LogP contribution is 2.33. The van der Waals surface area contributed by atoms with E-state index in [1.54, 1.807) is 0 Å². The minimum absolute atomic E-state index is 0.0134. The van der Waals surface area contributed by atoms with Crippen molar-refractivity contribution in [1.29, 1.82) is 0 Å². The highest BCUT2D eigenvalue weighted by atomic mass is 31.1. The van der Waals surface area contributed by atoms with Crippen LogP contribution in [-0.2, 0) is 4.57 Å². The molecule has 0 fully saturated rings. The van der Waals surface area contributed by atoms with Crippen LogP contribution in [0.1, 0.15) is 72.3 Å². The molecule has 0 spiro atoms. The maximum atomic E-state index is 13.5. The lowest BCUT2D eigenvalue weighted by atomic mass is 9.86. The van der Waals surface area contributed by atoms with E-state index in [0.717, 1.165) is 28.7 Å². The highest BCUT2D eigenvalue weighted by Gasteiger charge is 2.31. The monoisotopic (exact) mass is 397 g/mol. The molecule has 0 aliphatic rings. The summed E-state index contributed by atoms with van der Waals surface area (Å²) in [5, 5.41) is 0.695. The summed E-state index contributed by atoms with van der Waals surface area (Å²) in [4.78, 5) is 13.5. The summed E-state index contributed by atoms with van der Waals surface area (Å²) in [5.74, 6) is 0.331. The van der Waals surface area contributed by atoms with Crippen LogP contribution in [0.5, 0.6) is 0 Å². The Balaban J connectivity index is 2.41. The highest BCUT2D eigenvalue weighted by molar-refractivity contribution is 7.53. The molecule has 3 heteroatoms. The topological polar surface area (TPSA) is 34.1 Å². The van der Waals surface area contributed by atoms with Crippen LogP contribution in [0.15, 0.2) is 30.3 Å². The van der Waals surface area contributed by atoms with Gasteiger partial charge in [-0.05, 0) is 73.9 Å². The number of rotatable bonds is 6. The molecule has 0 N–H and O–H groups in total. The lowest BCUT2D eigenvalue weighted by molar-refractivity contribution is 0.103. The molecule has 2 rings (SSSR count). The molecule has 2 unspecified atom stereocenters. The number of hydrogen-bond acceptors (Lipinski definition) is 2. The van der Waals surface area contributed by atoms with E-state index < -0.39 is 7.80 Å². The van der Waals surface area contributed by atoms with Crippen molar-refractivity contribution in [3.63, 3.8) is 0 Å². The quantitative estimate of drug-likeness (QED) is 0.403. The molecule has 150 valence electrons. The summed E-state index contributed by atoms with van der Waals surface area (Å²) >= 11 is 0. The van der Waals surface area contributed by atoms with Gasteiger partial charge in [0.15, 0.2) is 11.9 Å². The number of ketones is 1. The van der Waals surface area contributed by atoms with Crippen molar-refractivity contribution >= 4 is 18.9 Å². The van der Waals surface area contributed by atoms with E-state index in [4.69, 9.17) is 0 Å². The van der Waals surface area contributed by atoms with Gasteiger partial charge in [-0.2, -0.15) is 0 Å². The minimum Gasteiger partial charge on any atom is -0.288 e. The molecule has 28 heavy (non-hydrogen) atoms. The molecule has 0 saturated heterocycles. The van der Waals surface area contributed by atoms with Gasteiger partial charge in [-0.1, -0.05) is 50.5 Å². The average molecular weight is 398 g/mol. The summed E-state index contributed by atoms with van der Waals surface area (Å²) in [5.41, 5.74) is 5.89. The van der Waals surface area contributed by atoms with Gasteiger partial charge in [-0.25, -0.2) is 0 Å². The minimum atomic E-state index is -1.62. The van der Waals surface area contributed by atoms with Crippen LogP contribution >= 0.6 is 7.80 Å². The Kier molecular flexibility index (Phi) is 6.99. The fraction of sp³-hybridized carbons (Fsp3) is 0.480. The average Bonchev–Trinajstić information content (AvgIpc) is 2.58. The molecule has 0 aliphatic carbocycles. The predicted molar refractivity (Wildman–Crippen MR) is 121 cm³/mol. The van der Waals surface area contributed by atoms with Gasteiger partial charge in [0.2, 0.25) is 5.30 Å². The van der Waals surface area contributed by atoms with Crippen molar-refractivity contribution < 1.29 is 9.36 Å². The van der Waals surface area contributed by atoms with Gasteiger partial charge in [-0.15, -0.1) is 0 Å². The van der Waals surface area contributed by atoms with Gasteiger partial charge in [0.1, 0.15) is 0 Å². The van der Waals surface area contributed by atoms with E-state index in [1.807, 2.05) is 38.1 Å². The molecular weight excluding hydrogens is 363 g/mol. The number of hydrogen-bond donors (Lipinski definition) is 0. The zero-order valence-corrected chi connectivity index (χ0v) is 19.5. The Morgan fingerprint density at radius 3 is 2.21 bits per heavy atom. The van der Waals surface area contributed by atoms with Crippen LogP contribution in [-0.4, -0.2) is 11.9 Å². The second kappa shape index (κ2) is 8.70. The Hall–Kier alpha value is -1.79. The molecule has 2 nitrogen and oxygen atoms in total. The molecule has 0 heterocycles. The third-order valence-electron chi connectivity index (χ3n) is 5.44. The number of aryl methyl sites for hydroxylation is 2. The number of benzene rings is 2. The van der Waals surface area contributed by atoms with E-state index in [2.05, 4.69) is 47.6 Å². The second-order valence-corrected chi connectivity index (χ2v) is 11.0. The molecule has 0 radical (unpaired) electrons. The first kappa shape index (κ1) is 22.5. The predicted octanol–water partition coefficient (Wildman–Crippen LogP) is 6.68. The van der Waals surface area contributed by atoms with E-state index in [0.29, 0.717) is 22.9 Å². The van der Waals surface area contributed by atoms with E-state index in [1.165, 1.54) is 5.56 Å². The molecular formula is C25H34O2P+. The Morgan fingerprint density at radius 2 is 1.61 bits per heavy atom. The van der Waals surface area contributed by atoms with Crippen LogP contribution < -0.4 is 5.30 Å². The lowest BCUT2D eigenvalue weighted by Gasteiger charge is -2.20. The Morgan fingerprint density at radius 1 is 1.00 bits per heavy atom. The second-order valence-electron chi connectivity index (χ2n) is 9.41. The Bertz CT molecular complexity index is 903. The van der Waals surface area contributed by atoms with Crippen LogP contribution in [0.2, 0.25) is 0 Å². The van der Waals surface area contributed by atoms with Crippen molar-refractivity contribution in [3.05, 3.63) is 63.7 Å². The van der Waals surface area contributed by atoms with E-state index in [9.17, 15) is 9.36 Å². The van der Waals surface area contributed by atoms with Crippen molar-refractivity contribution in [2.75, 3.05) is 6.16 Å². The summed E-state index contributed by atoms with van der Waals surface area (Å²) in [6.07, 6.45) is 1.63. The third-order valence-corrected chi connectivity index (χ3v) is 7.32. The first-order valence-electron chi connectivity index (χ1n) is 10.1. The number of carbonyl (C=O) groups is 1. The van der Waals surface area contributed by atoms with Crippen molar-refractivity contribution in [2.24, 2.45) is 11.3 Å². The first-order chi connectivity index (χ1) is 12.9. The largest absolute Gasteiger partial charge is 0.377 e. The molecule has 2 aromatic carbocycles. The van der Waals surface area contributed by atoms with Gasteiger partial charge in [-0.3, -0.25) is 4.79 Å². The van der Waals surface area contributed by atoms with Crippen molar-refractivity contribution in [1.82, 2.24) is 0 Å². The maximum absolute atomic E-state index is 13.5. The van der Waals surface area contributed by atoms with Crippen LogP contribution in [0.3, 0.4) is 0 Å². The fourth-order valence-corrected chi connectivity index (χ4v) is 5.73. The van der Waals surface area contributed by atoms with Crippen LogP contribution in [0, 0.1) is 39.0 Å². The molecule has 0 amide bonds. The molecule has 0 aromatic heterocycles. The summed E-state index contributed by atoms with van der Waals surface area (Å²) < 4.78 is 13.2. The smallest absolute Gasteiger partial charge is 0.288 e. The molecule has 2 atom stereocenters. The molecule has 0 saturated carbocycles. The van der Waals surface area contributed by atoms with E-state index >= 15 is 0 Å². The van der Waals surface area contributed by atoms with Crippen LogP contribution in [0.25, 0.3) is 0 Å².